The molecule has 1 atom stereocenters. The number of ether oxygens (including phenoxy) is 1. The maximum atomic E-state index is 12.4. The monoisotopic (exact) mass is 1310 g/mol. The van der Waals surface area contributed by atoms with Gasteiger partial charge in [0.1, 0.15) is 48.1 Å². The number of aromatic hydroxyl groups is 1. The maximum Gasteiger partial charge on any atom is 0.227 e. The number of imidazole rings is 2. The van der Waals surface area contributed by atoms with Gasteiger partial charge in [-0.15, -0.1) is 0 Å². The van der Waals surface area contributed by atoms with Gasteiger partial charge < -0.3 is 55.2 Å². The van der Waals surface area contributed by atoms with Crippen LogP contribution in [-0.4, -0.2) is 144 Å². The summed E-state index contributed by atoms with van der Waals surface area (Å²) in [5.41, 5.74) is 15.2. The molecule has 11 aromatic rings. The van der Waals surface area contributed by atoms with E-state index in [2.05, 4.69) is 97.9 Å². The van der Waals surface area contributed by atoms with E-state index < -0.39 is 7.14 Å². The highest BCUT2D eigenvalue weighted by molar-refractivity contribution is 7.70. The Labute approximate surface area is 561 Å². The molecule has 2 saturated carbocycles. The number of aliphatic hydroxyl groups is 1. The van der Waals surface area contributed by atoms with E-state index in [1.54, 1.807) is 38.1 Å². The van der Waals surface area contributed by atoms with Crippen molar-refractivity contribution in [1.29, 1.82) is 0 Å². The highest BCUT2D eigenvalue weighted by Crippen LogP contribution is 2.40. The molecule has 3 fully saturated rings. The smallest absolute Gasteiger partial charge is 0.227 e. The quantitative estimate of drug-likeness (QED) is 0.0387. The lowest BCUT2D eigenvalue weighted by molar-refractivity contribution is 0.0815. The number of piperazine rings is 1. The second-order valence-electron chi connectivity index (χ2n) is 26.0. The Kier molecular flexibility index (Phi) is 21.2. The average molecular weight is 1310 g/mol. The van der Waals surface area contributed by atoms with Crippen LogP contribution in [0, 0.1) is 0 Å². The largest absolute Gasteiger partial charge is 0.508 e. The van der Waals surface area contributed by atoms with Crippen LogP contribution in [-0.2, 0) is 24.1 Å². The standard InChI is InChI=1S/C28H33N7O.C26H30N5O2P.C19H26N6O/c1-33-15-17-34(18-16-33)21-9-11-22(12-10-21)35-28-25(27(29)30-19-31-28)26(32-35)20-7-13-24(14-8-20)36-23-5-3-2-4-6-23;1-34(2,33)22-12-10-20(11-13-22)28-25-23-26(30-24(29-25)19-7-3-4-8-19)31(17-27-23)15-14-18-6-5-9-21(32)16-18;1-4-15(11-26)22-19-23-17(20-10-14-8-6-5-7-9-14)16-18(24-19)25(12-21-16)13(2)3/h2-8,13-14,19,21-22H,9-12,15-18H2,1H3,(H2,29,30,31);5-6,9-13,16-17,19,32H,3-4,7-8,14-15H2,1-2H3,(H,28,29,30);5-9,12-13,15,26H,4,10-11H2,1-3H3,(H2,20,22,23,24)/t;;15-/m..1/s1. The molecular formula is C73H89N18O4P. The summed E-state index contributed by atoms with van der Waals surface area (Å²) in [5, 5.41) is 36.0. The molecule has 96 heavy (non-hydrogen) atoms. The zero-order valence-corrected chi connectivity index (χ0v) is 56.7. The van der Waals surface area contributed by atoms with Crippen molar-refractivity contribution in [3.63, 3.8) is 0 Å². The number of para-hydroxylation sites is 1. The van der Waals surface area contributed by atoms with Gasteiger partial charge in [0.05, 0.1) is 36.7 Å². The van der Waals surface area contributed by atoms with E-state index >= 15 is 0 Å². The highest BCUT2D eigenvalue weighted by atomic mass is 31.2. The Balaban J connectivity index is 0.000000140. The molecule has 0 amide bonds. The average Bonchev–Trinajstić information content (AvgIpc) is 1.62. The number of hydrogen-bond acceptors (Lipinski definition) is 19. The zero-order valence-electron chi connectivity index (χ0n) is 55.8. The van der Waals surface area contributed by atoms with Gasteiger partial charge in [-0.05, 0) is 170 Å². The van der Waals surface area contributed by atoms with E-state index in [0.29, 0.717) is 54.5 Å². The zero-order chi connectivity index (χ0) is 66.7. The van der Waals surface area contributed by atoms with Crippen LogP contribution < -0.4 is 31.7 Å². The molecule has 0 radical (unpaired) electrons. The Morgan fingerprint density at radius 2 is 1.38 bits per heavy atom. The number of phenols is 1. The van der Waals surface area contributed by atoms with Crippen molar-refractivity contribution in [1.82, 2.24) is 68.6 Å². The normalized spacial score (nSPS) is 16.7. The van der Waals surface area contributed by atoms with Gasteiger partial charge in [-0.2, -0.15) is 15.1 Å². The molecule has 6 aromatic heterocycles. The summed E-state index contributed by atoms with van der Waals surface area (Å²) >= 11 is 0. The topological polar surface area (TPSA) is 266 Å². The molecule has 3 aliphatic rings. The van der Waals surface area contributed by atoms with Crippen LogP contribution in [0.2, 0.25) is 0 Å². The van der Waals surface area contributed by atoms with Gasteiger partial charge >= 0.3 is 0 Å². The second kappa shape index (κ2) is 30.6. The summed E-state index contributed by atoms with van der Waals surface area (Å²) < 4.78 is 24.5. The molecule has 500 valence electrons. The van der Waals surface area contributed by atoms with Gasteiger partial charge in [0.15, 0.2) is 39.6 Å². The number of likely N-dealkylation sites (N-methyl/N-ethyl adjacent to an activating group) is 1. The summed E-state index contributed by atoms with van der Waals surface area (Å²) in [5.74, 6) is 5.46. The minimum Gasteiger partial charge on any atom is -0.508 e. The first-order chi connectivity index (χ1) is 46.6. The number of aryl methyl sites for hydroxylation is 2. The van der Waals surface area contributed by atoms with Gasteiger partial charge in [0, 0.05) is 73.8 Å². The summed E-state index contributed by atoms with van der Waals surface area (Å²) in [4.78, 5) is 42.3. The van der Waals surface area contributed by atoms with E-state index in [-0.39, 0.29) is 24.4 Å². The van der Waals surface area contributed by atoms with Gasteiger partial charge in [0.25, 0.3) is 0 Å². The number of nitrogens with zero attached hydrogens (tertiary/aromatic N) is 14. The lowest BCUT2D eigenvalue weighted by Gasteiger charge is -2.41. The van der Waals surface area contributed by atoms with Crippen molar-refractivity contribution in [2.24, 2.45) is 0 Å². The van der Waals surface area contributed by atoms with Gasteiger partial charge in [-0.3, -0.25) is 4.90 Å². The number of phenolic OH excluding ortho intramolecular Hbond substituents is 1. The number of benzene rings is 5. The molecule has 7 heterocycles. The van der Waals surface area contributed by atoms with Crippen molar-refractivity contribution < 1.29 is 19.5 Å². The molecule has 2 aliphatic carbocycles. The number of anilines is 5. The number of nitrogens with two attached hydrogens (primary N) is 1. The van der Waals surface area contributed by atoms with Crippen molar-refractivity contribution in [2.45, 2.75) is 128 Å². The molecule has 7 N–H and O–H groups in total. The lowest BCUT2D eigenvalue weighted by Crippen LogP contribution is -2.49. The summed E-state index contributed by atoms with van der Waals surface area (Å²) in [6.07, 6.45) is 15.9. The van der Waals surface area contributed by atoms with E-state index in [4.69, 9.17) is 25.5 Å². The summed E-state index contributed by atoms with van der Waals surface area (Å²) in [6, 6.07) is 44.1. The van der Waals surface area contributed by atoms with Crippen molar-refractivity contribution in [2.75, 3.05) is 74.8 Å². The molecule has 1 saturated heterocycles. The number of aliphatic hydroxyl groups excluding tert-OH is 1. The molecule has 22 nitrogen and oxygen atoms in total. The Hall–Kier alpha value is -9.34. The van der Waals surface area contributed by atoms with Crippen molar-refractivity contribution in [3.05, 3.63) is 169 Å². The fourth-order valence-corrected chi connectivity index (χ4v) is 13.8. The summed E-state index contributed by atoms with van der Waals surface area (Å²) in [6.45, 7) is 15.8. The molecule has 1 aliphatic heterocycles. The van der Waals surface area contributed by atoms with E-state index in [9.17, 15) is 14.8 Å². The van der Waals surface area contributed by atoms with E-state index in [1.807, 2.05) is 127 Å². The van der Waals surface area contributed by atoms with Crippen LogP contribution in [0.25, 0.3) is 44.6 Å². The Morgan fingerprint density at radius 3 is 2.06 bits per heavy atom. The first-order valence-corrected chi connectivity index (χ1v) is 36.3. The molecule has 0 spiro atoms. The molecule has 0 unspecified atom stereocenters. The minimum absolute atomic E-state index is 0.0358. The van der Waals surface area contributed by atoms with Crippen LogP contribution >= 0.6 is 7.14 Å². The fourth-order valence-electron chi connectivity index (χ4n) is 12.9. The summed E-state index contributed by atoms with van der Waals surface area (Å²) in [7, 11) is -0.0853. The van der Waals surface area contributed by atoms with Crippen LogP contribution in [0.3, 0.4) is 0 Å². The first kappa shape index (κ1) is 66.7. The van der Waals surface area contributed by atoms with E-state index in [1.165, 1.54) is 57.4 Å². The van der Waals surface area contributed by atoms with Crippen LogP contribution in [0.1, 0.15) is 114 Å². The predicted octanol–water partition coefficient (Wildman–Crippen LogP) is 13.2. The van der Waals surface area contributed by atoms with Crippen molar-refractivity contribution in [3.8, 4) is 28.5 Å². The fraction of sp³-hybridized carbons (Fsp3) is 0.384. The number of nitrogen functional groups attached to an aromatic ring is 1. The maximum absolute atomic E-state index is 12.4. The Morgan fingerprint density at radius 1 is 0.698 bits per heavy atom. The van der Waals surface area contributed by atoms with Gasteiger partial charge in [-0.1, -0.05) is 80.4 Å². The second-order valence-corrected chi connectivity index (χ2v) is 29.3. The van der Waals surface area contributed by atoms with Gasteiger partial charge in [-0.25, -0.2) is 34.6 Å². The Bertz CT molecular complexity index is 4380. The molecule has 0 bridgehead atoms. The van der Waals surface area contributed by atoms with Gasteiger partial charge in [0.2, 0.25) is 5.95 Å². The first-order valence-electron chi connectivity index (χ1n) is 33.7. The molecule has 5 aromatic carbocycles. The SMILES string of the molecule is CC[C@H](CO)Nc1nc(NCc2ccccc2)c2ncn(C(C)C)c2n1.CN1CCN(C2CCC(n3nc(-c4ccc(Oc5ccccc5)cc4)c4c(N)ncnc43)CC2)CC1.CP(C)(=O)c1ccc(Nc2nc(C3CCCC3)nc3c2ncn3CCc2cccc(O)c2)cc1. The highest BCUT2D eigenvalue weighted by Gasteiger charge is 2.31. The van der Waals surface area contributed by atoms with Crippen LogP contribution in [0.4, 0.5) is 29.1 Å². The molecule has 23 heteroatoms. The third-order valence-electron chi connectivity index (χ3n) is 18.5. The number of aromatic nitrogens is 12. The van der Waals surface area contributed by atoms with Crippen LogP contribution in [0.5, 0.6) is 17.2 Å². The van der Waals surface area contributed by atoms with Crippen LogP contribution in [0.15, 0.2) is 152 Å². The predicted molar refractivity (Wildman–Crippen MR) is 383 cm³/mol. The number of hydrogen-bond donors (Lipinski definition) is 6. The van der Waals surface area contributed by atoms with Crippen molar-refractivity contribution >= 4 is 74.9 Å². The third-order valence-corrected chi connectivity index (χ3v) is 20.1. The third kappa shape index (κ3) is 16.1. The molecular weight excluding hydrogens is 1220 g/mol. The number of fused-ring (bicyclic) bond motifs is 3. The lowest BCUT2D eigenvalue weighted by atomic mass is 9.90. The minimum atomic E-state index is -2.30. The number of rotatable bonds is 20. The van der Waals surface area contributed by atoms with E-state index in [0.717, 1.165) is 117 Å². The number of nitrogens with one attached hydrogen (secondary N) is 3. The molecule has 14 rings (SSSR count).